The summed E-state index contributed by atoms with van der Waals surface area (Å²) in [4.78, 5) is 0. The molecule has 0 saturated heterocycles. The van der Waals surface area contributed by atoms with Crippen molar-refractivity contribution in [3.8, 4) is 0 Å². The van der Waals surface area contributed by atoms with Crippen LogP contribution in [0.4, 0.5) is 0 Å². The summed E-state index contributed by atoms with van der Waals surface area (Å²) in [6, 6.07) is 8.78. The molecule has 1 saturated carbocycles. The zero-order valence-corrected chi connectivity index (χ0v) is 10.1. The summed E-state index contributed by atoms with van der Waals surface area (Å²) in [5.41, 5.74) is 8.99. The lowest BCUT2D eigenvalue weighted by Crippen LogP contribution is -2.19. The molecule has 1 aromatic carbocycles. The minimum atomic E-state index is 0. The van der Waals surface area contributed by atoms with Gasteiger partial charge < -0.3 is 5.73 Å². The Bertz CT molecular complexity index is 305. The Balaban J connectivity index is 0.00000112. The van der Waals surface area contributed by atoms with E-state index in [1.54, 1.807) is 0 Å². The van der Waals surface area contributed by atoms with Gasteiger partial charge in [-0.2, -0.15) is 0 Å². The summed E-state index contributed by atoms with van der Waals surface area (Å²) in [5, 5.41) is 0. The van der Waals surface area contributed by atoms with Crippen molar-refractivity contribution in [2.45, 2.75) is 38.6 Å². The molecule has 0 amide bonds. The average molecular weight is 226 g/mol. The number of benzene rings is 1. The Morgan fingerprint density at radius 1 is 1.20 bits per heavy atom. The van der Waals surface area contributed by atoms with Gasteiger partial charge in [0.05, 0.1) is 0 Å². The fourth-order valence-electron chi connectivity index (χ4n) is 2.53. The van der Waals surface area contributed by atoms with Crippen molar-refractivity contribution < 1.29 is 0 Å². The van der Waals surface area contributed by atoms with Crippen LogP contribution in [0, 0.1) is 12.8 Å². The highest BCUT2D eigenvalue weighted by atomic mass is 35.5. The van der Waals surface area contributed by atoms with Crippen molar-refractivity contribution in [3.63, 3.8) is 0 Å². The maximum atomic E-state index is 6.30. The minimum absolute atomic E-state index is 0. The molecule has 1 aromatic rings. The second kappa shape index (κ2) is 5.53. The van der Waals surface area contributed by atoms with Crippen molar-refractivity contribution >= 4 is 12.4 Å². The molecule has 1 fully saturated rings. The van der Waals surface area contributed by atoms with Crippen LogP contribution in [0.3, 0.4) is 0 Å². The normalized spacial score (nSPS) is 18.5. The van der Waals surface area contributed by atoms with Crippen molar-refractivity contribution in [2.75, 3.05) is 0 Å². The molecule has 0 bridgehead atoms. The predicted octanol–water partition coefficient (Wildman–Crippen LogP) is 3.61. The van der Waals surface area contributed by atoms with Gasteiger partial charge in [-0.05, 0) is 36.8 Å². The largest absolute Gasteiger partial charge is 0.324 e. The third-order valence-electron chi connectivity index (χ3n) is 3.46. The standard InChI is InChI=1S/C13H19N.ClH/c1-10-6-2-5-9-12(10)13(14)11-7-3-4-8-11;/h2,5-6,9,11,13H,3-4,7-8,14H2,1H3;1H. The smallest absolute Gasteiger partial charge is 0.0326 e. The fraction of sp³-hybridized carbons (Fsp3) is 0.538. The topological polar surface area (TPSA) is 26.0 Å². The Morgan fingerprint density at radius 3 is 2.40 bits per heavy atom. The second-order valence-electron chi connectivity index (χ2n) is 4.43. The highest BCUT2D eigenvalue weighted by Crippen LogP contribution is 2.34. The number of hydrogen-bond acceptors (Lipinski definition) is 1. The summed E-state index contributed by atoms with van der Waals surface area (Å²) in [6.07, 6.45) is 5.36. The van der Waals surface area contributed by atoms with Crippen molar-refractivity contribution in [2.24, 2.45) is 11.7 Å². The van der Waals surface area contributed by atoms with Crippen LogP contribution in [0.2, 0.25) is 0 Å². The molecule has 0 radical (unpaired) electrons. The average Bonchev–Trinajstić information content (AvgIpc) is 2.70. The van der Waals surface area contributed by atoms with Crippen molar-refractivity contribution in [3.05, 3.63) is 35.4 Å². The monoisotopic (exact) mass is 225 g/mol. The van der Waals surface area contributed by atoms with E-state index < -0.39 is 0 Å². The van der Waals surface area contributed by atoms with E-state index in [1.165, 1.54) is 36.8 Å². The van der Waals surface area contributed by atoms with Crippen LogP contribution >= 0.6 is 12.4 Å². The molecule has 15 heavy (non-hydrogen) atoms. The SMILES string of the molecule is Cc1ccccc1C(N)C1CCCC1.Cl. The lowest BCUT2D eigenvalue weighted by atomic mass is 9.90. The molecule has 2 N–H and O–H groups in total. The first-order chi connectivity index (χ1) is 6.79. The molecule has 1 atom stereocenters. The predicted molar refractivity (Wildman–Crippen MR) is 67.3 cm³/mol. The summed E-state index contributed by atoms with van der Waals surface area (Å²) in [7, 11) is 0. The molecule has 0 heterocycles. The van der Waals surface area contributed by atoms with E-state index in [9.17, 15) is 0 Å². The molecule has 0 spiro atoms. The van der Waals surface area contributed by atoms with E-state index in [0.29, 0.717) is 0 Å². The third-order valence-corrected chi connectivity index (χ3v) is 3.46. The van der Waals surface area contributed by atoms with Crippen LogP contribution in [0.15, 0.2) is 24.3 Å². The zero-order valence-electron chi connectivity index (χ0n) is 9.28. The first-order valence-corrected chi connectivity index (χ1v) is 5.60. The first kappa shape index (κ1) is 12.5. The molecule has 2 heteroatoms. The highest BCUT2D eigenvalue weighted by molar-refractivity contribution is 5.85. The highest BCUT2D eigenvalue weighted by Gasteiger charge is 2.23. The van der Waals surface area contributed by atoms with Crippen LogP contribution in [-0.2, 0) is 0 Å². The number of aryl methyl sites for hydroxylation is 1. The first-order valence-electron chi connectivity index (χ1n) is 5.60. The van der Waals surface area contributed by atoms with Gasteiger partial charge in [0.2, 0.25) is 0 Å². The Kier molecular flexibility index (Phi) is 4.62. The lowest BCUT2D eigenvalue weighted by Gasteiger charge is -2.20. The summed E-state index contributed by atoms with van der Waals surface area (Å²) >= 11 is 0. The van der Waals surface area contributed by atoms with Gasteiger partial charge in [-0.3, -0.25) is 0 Å². The van der Waals surface area contributed by atoms with E-state index >= 15 is 0 Å². The fourth-order valence-corrected chi connectivity index (χ4v) is 2.53. The molecule has 84 valence electrons. The molecule has 1 nitrogen and oxygen atoms in total. The zero-order chi connectivity index (χ0) is 9.97. The van der Waals surface area contributed by atoms with Crippen molar-refractivity contribution in [1.29, 1.82) is 0 Å². The van der Waals surface area contributed by atoms with Gasteiger partial charge in [0.25, 0.3) is 0 Å². The van der Waals surface area contributed by atoms with E-state index in [2.05, 4.69) is 31.2 Å². The van der Waals surface area contributed by atoms with Gasteiger partial charge in [0.15, 0.2) is 0 Å². The summed E-state index contributed by atoms with van der Waals surface area (Å²) in [5.74, 6) is 0.719. The van der Waals surface area contributed by atoms with Gasteiger partial charge >= 0.3 is 0 Å². The maximum absolute atomic E-state index is 6.30. The van der Waals surface area contributed by atoms with E-state index in [4.69, 9.17) is 5.73 Å². The number of rotatable bonds is 2. The van der Waals surface area contributed by atoms with Crippen LogP contribution in [0.25, 0.3) is 0 Å². The van der Waals surface area contributed by atoms with E-state index in [1.807, 2.05) is 0 Å². The van der Waals surface area contributed by atoms with Gasteiger partial charge in [-0.1, -0.05) is 37.1 Å². The molecule has 1 aliphatic rings. The van der Waals surface area contributed by atoms with Crippen LogP contribution in [0.5, 0.6) is 0 Å². The lowest BCUT2D eigenvalue weighted by molar-refractivity contribution is 0.443. The Labute approximate surface area is 98.5 Å². The Morgan fingerprint density at radius 2 is 1.80 bits per heavy atom. The molecular weight excluding hydrogens is 206 g/mol. The molecular formula is C13H20ClN. The summed E-state index contributed by atoms with van der Waals surface area (Å²) in [6.45, 7) is 2.16. The molecule has 1 aliphatic carbocycles. The third kappa shape index (κ3) is 2.73. The van der Waals surface area contributed by atoms with Crippen LogP contribution in [0.1, 0.15) is 42.9 Å². The van der Waals surface area contributed by atoms with E-state index in [0.717, 1.165) is 5.92 Å². The van der Waals surface area contributed by atoms with Crippen LogP contribution in [-0.4, -0.2) is 0 Å². The van der Waals surface area contributed by atoms with Gasteiger partial charge in [-0.15, -0.1) is 12.4 Å². The summed E-state index contributed by atoms with van der Waals surface area (Å²) < 4.78 is 0. The van der Waals surface area contributed by atoms with E-state index in [-0.39, 0.29) is 18.4 Å². The van der Waals surface area contributed by atoms with Gasteiger partial charge in [-0.25, -0.2) is 0 Å². The number of halogens is 1. The Hall–Kier alpha value is -0.530. The quantitative estimate of drug-likeness (QED) is 0.818. The molecule has 1 unspecified atom stereocenters. The minimum Gasteiger partial charge on any atom is -0.324 e. The van der Waals surface area contributed by atoms with Crippen molar-refractivity contribution in [1.82, 2.24) is 0 Å². The molecule has 0 aliphatic heterocycles. The molecule has 2 rings (SSSR count). The second-order valence-corrected chi connectivity index (χ2v) is 4.43. The number of nitrogens with two attached hydrogens (primary N) is 1. The molecule has 0 aromatic heterocycles. The number of hydrogen-bond donors (Lipinski definition) is 1. The van der Waals surface area contributed by atoms with Crippen LogP contribution < -0.4 is 5.73 Å². The van der Waals surface area contributed by atoms with Gasteiger partial charge in [0.1, 0.15) is 0 Å². The maximum Gasteiger partial charge on any atom is 0.0326 e. The van der Waals surface area contributed by atoms with Gasteiger partial charge in [0, 0.05) is 6.04 Å².